The minimum absolute atomic E-state index is 0.0919. The van der Waals surface area contributed by atoms with E-state index in [1.807, 2.05) is 66.0 Å². The van der Waals surface area contributed by atoms with Crippen molar-refractivity contribution in [2.45, 2.75) is 38.8 Å². The van der Waals surface area contributed by atoms with Crippen LogP contribution in [-0.2, 0) is 30.5 Å². The van der Waals surface area contributed by atoms with Gasteiger partial charge in [0.1, 0.15) is 5.60 Å². The first kappa shape index (κ1) is 30.5. The number of primary amides is 1. The number of benzene rings is 3. The number of hydrogen-bond donors (Lipinski definition) is 3. The summed E-state index contributed by atoms with van der Waals surface area (Å²) in [7, 11) is 0. The number of carbonyl (C=O) groups is 5. The fourth-order valence-electron chi connectivity index (χ4n) is 3.91. The fraction of sp³-hybridized carbons (Fsp3) is 0.233. The van der Waals surface area contributed by atoms with Crippen molar-refractivity contribution in [3.63, 3.8) is 0 Å². The van der Waals surface area contributed by atoms with E-state index >= 15 is 0 Å². The lowest BCUT2D eigenvalue weighted by atomic mass is 9.91. The van der Waals surface area contributed by atoms with E-state index in [4.69, 9.17) is 10.5 Å². The standard InChI is InChI=1S/C30H33N5O6/c1-30(2,3)41-29(40)32-27(38)28(39)34(19-21-13-7-4-8-14-21)35(33-26(37)25(31)36)20-24(22-15-9-5-10-16-22)23-17-11-6-12-18-23/h4-18,24H,19-20H2,1-3H3,(H2,31,36)(H,33,37)(H,32,38,40). The van der Waals surface area contributed by atoms with E-state index in [9.17, 15) is 24.0 Å². The van der Waals surface area contributed by atoms with Crippen molar-refractivity contribution in [2.24, 2.45) is 5.73 Å². The third-order valence-electron chi connectivity index (χ3n) is 5.72. The molecule has 0 atom stereocenters. The van der Waals surface area contributed by atoms with Crippen LogP contribution >= 0.6 is 0 Å². The van der Waals surface area contributed by atoms with Crippen LogP contribution in [0.3, 0.4) is 0 Å². The van der Waals surface area contributed by atoms with Gasteiger partial charge in [-0.05, 0) is 37.5 Å². The molecule has 11 nitrogen and oxygen atoms in total. The van der Waals surface area contributed by atoms with E-state index in [0.717, 1.165) is 21.3 Å². The highest BCUT2D eigenvalue weighted by atomic mass is 16.6. The molecule has 3 rings (SSSR count). The number of alkyl carbamates (subject to hydrolysis) is 1. The maximum absolute atomic E-state index is 13.6. The highest BCUT2D eigenvalue weighted by Gasteiger charge is 2.33. The highest BCUT2D eigenvalue weighted by Crippen LogP contribution is 2.26. The Balaban J connectivity index is 2.04. The Morgan fingerprint density at radius 2 is 1.27 bits per heavy atom. The summed E-state index contributed by atoms with van der Waals surface area (Å²) in [5.74, 6) is -5.43. The van der Waals surface area contributed by atoms with Gasteiger partial charge in [0.2, 0.25) is 0 Å². The molecular formula is C30H33N5O6. The van der Waals surface area contributed by atoms with E-state index in [-0.39, 0.29) is 13.1 Å². The number of hydrazine groups is 2. The Kier molecular flexibility index (Phi) is 10.3. The van der Waals surface area contributed by atoms with Crippen LogP contribution in [0.2, 0.25) is 0 Å². The molecule has 3 aromatic carbocycles. The quantitative estimate of drug-likeness (QED) is 0.283. The number of amides is 5. The second-order valence-electron chi connectivity index (χ2n) is 10.1. The number of imide groups is 1. The summed E-state index contributed by atoms with van der Waals surface area (Å²) in [6.45, 7) is 4.53. The van der Waals surface area contributed by atoms with Crippen LogP contribution in [0.25, 0.3) is 0 Å². The van der Waals surface area contributed by atoms with E-state index in [1.165, 1.54) is 0 Å². The first-order valence-corrected chi connectivity index (χ1v) is 12.8. The number of hydrogen-bond acceptors (Lipinski definition) is 7. The summed E-state index contributed by atoms with van der Waals surface area (Å²) in [5, 5.41) is 3.94. The molecule has 0 aliphatic rings. The summed E-state index contributed by atoms with van der Waals surface area (Å²) >= 11 is 0. The van der Waals surface area contributed by atoms with E-state index < -0.39 is 41.2 Å². The van der Waals surface area contributed by atoms with Crippen LogP contribution in [0.5, 0.6) is 0 Å². The molecule has 0 spiro atoms. The molecule has 0 radical (unpaired) electrons. The minimum Gasteiger partial charge on any atom is -0.444 e. The molecule has 0 aliphatic heterocycles. The zero-order valence-electron chi connectivity index (χ0n) is 23.1. The van der Waals surface area contributed by atoms with Crippen molar-refractivity contribution in [3.8, 4) is 0 Å². The molecule has 11 heteroatoms. The van der Waals surface area contributed by atoms with Gasteiger partial charge in [-0.15, -0.1) is 5.12 Å². The molecule has 214 valence electrons. The Morgan fingerprint density at radius 3 is 1.73 bits per heavy atom. The van der Waals surface area contributed by atoms with Gasteiger partial charge in [0, 0.05) is 5.92 Å². The van der Waals surface area contributed by atoms with Crippen molar-refractivity contribution in [2.75, 3.05) is 6.54 Å². The second kappa shape index (κ2) is 13.9. The van der Waals surface area contributed by atoms with E-state index in [1.54, 1.807) is 51.1 Å². The zero-order chi connectivity index (χ0) is 30.0. The van der Waals surface area contributed by atoms with E-state index in [2.05, 4.69) is 5.43 Å². The van der Waals surface area contributed by atoms with Gasteiger partial charge in [-0.3, -0.25) is 29.9 Å². The Morgan fingerprint density at radius 1 is 0.780 bits per heavy atom. The predicted molar refractivity (Wildman–Crippen MR) is 150 cm³/mol. The number of ether oxygens (including phenoxy) is 1. The molecule has 0 aliphatic carbocycles. The van der Waals surface area contributed by atoms with Gasteiger partial charge in [-0.2, -0.15) is 0 Å². The van der Waals surface area contributed by atoms with Crippen molar-refractivity contribution < 1.29 is 28.7 Å². The molecular weight excluding hydrogens is 526 g/mol. The summed E-state index contributed by atoms with van der Waals surface area (Å²) < 4.78 is 5.11. The fourth-order valence-corrected chi connectivity index (χ4v) is 3.91. The average molecular weight is 560 g/mol. The molecule has 0 bridgehead atoms. The third-order valence-corrected chi connectivity index (χ3v) is 5.72. The van der Waals surface area contributed by atoms with Crippen LogP contribution in [0.4, 0.5) is 4.79 Å². The molecule has 0 unspecified atom stereocenters. The largest absolute Gasteiger partial charge is 0.444 e. The Bertz CT molecular complexity index is 1320. The van der Waals surface area contributed by atoms with Crippen molar-refractivity contribution >= 4 is 29.7 Å². The monoisotopic (exact) mass is 559 g/mol. The van der Waals surface area contributed by atoms with Gasteiger partial charge in [0.15, 0.2) is 0 Å². The molecule has 0 saturated carbocycles. The lowest BCUT2D eigenvalue weighted by Gasteiger charge is -2.36. The summed E-state index contributed by atoms with van der Waals surface area (Å²) in [6, 6.07) is 27.3. The van der Waals surface area contributed by atoms with Crippen molar-refractivity contribution in [1.82, 2.24) is 20.9 Å². The maximum Gasteiger partial charge on any atom is 0.414 e. The van der Waals surface area contributed by atoms with Crippen LogP contribution in [-0.4, -0.2) is 52.0 Å². The minimum atomic E-state index is -1.30. The Labute approximate surface area is 238 Å². The summed E-state index contributed by atoms with van der Waals surface area (Å²) in [5.41, 5.74) is 8.94. The summed E-state index contributed by atoms with van der Waals surface area (Å²) in [4.78, 5) is 63.2. The molecule has 0 heterocycles. The van der Waals surface area contributed by atoms with Crippen molar-refractivity contribution in [1.29, 1.82) is 0 Å². The molecule has 0 fully saturated rings. The first-order chi connectivity index (χ1) is 19.4. The topological polar surface area (TPSA) is 151 Å². The van der Waals surface area contributed by atoms with E-state index in [0.29, 0.717) is 5.56 Å². The number of carbonyl (C=O) groups excluding carboxylic acids is 5. The SMILES string of the molecule is CC(C)(C)OC(=O)NC(=O)C(=O)N(Cc1ccccc1)N(CC(c1ccccc1)c1ccccc1)NC(=O)C(N)=O. The van der Waals surface area contributed by atoms with Gasteiger partial charge < -0.3 is 10.5 Å². The highest BCUT2D eigenvalue weighted by molar-refractivity contribution is 6.37. The second-order valence-corrected chi connectivity index (χ2v) is 10.1. The molecule has 5 amide bonds. The molecule has 0 saturated heterocycles. The number of nitrogens with zero attached hydrogens (tertiary/aromatic N) is 2. The van der Waals surface area contributed by atoms with Crippen molar-refractivity contribution in [3.05, 3.63) is 108 Å². The molecule has 4 N–H and O–H groups in total. The lowest BCUT2D eigenvalue weighted by Crippen LogP contribution is -2.61. The normalized spacial score (nSPS) is 11.0. The molecule has 0 aromatic heterocycles. The van der Waals surface area contributed by atoms with Gasteiger partial charge in [-0.1, -0.05) is 91.0 Å². The predicted octanol–water partition coefficient (Wildman–Crippen LogP) is 2.63. The summed E-state index contributed by atoms with van der Waals surface area (Å²) in [6.07, 6.45) is -1.12. The third kappa shape index (κ3) is 9.29. The zero-order valence-corrected chi connectivity index (χ0v) is 23.1. The van der Waals surface area contributed by atoms with Crippen LogP contribution in [0.15, 0.2) is 91.0 Å². The van der Waals surface area contributed by atoms with Crippen LogP contribution in [0.1, 0.15) is 43.4 Å². The number of nitrogens with two attached hydrogens (primary N) is 1. The lowest BCUT2D eigenvalue weighted by molar-refractivity contribution is -0.169. The van der Waals surface area contributed by atoms with Gasteiger partial charge in [0.05, 0.1) is 13.1 Å². The smallest absolute Gasteiger partial charge is 0.414 e. The maximum atomic E-state index is 13.6. The number of nitrogens with one attached hydrogen (secondary N) is 2. The first-order valence-electron chi connectivity index (χ1n) is 12.8. The van der Waals surface area contributed by atoms with Gasteiger partial charge in [-0.25, -0.2) is 9.80 Å². The van der Waals surface area contributed by atoms with Crippen LogP contribution in [0, 0.1) is 0 Å². The number of rotatable bonds is 8. The average Bonchev–Trinajstić information content (AvgIpc) is 2.94. The van der Waals surface area contributed by atoms with Crippen LogP contribution < -0.4 is 16.5 Å². The Hall–Kier alpha value is -5.03. The van der Waals surface area contributed by atoms with Gasteiger partial charge >= 0.3 is 29.7 Å². The van der Waals surface area contributed by atoms with Gasteiger partial charge in [0.25, 0.3) is 0 Å². The molecule has 41 heavy (non-hydrogen) atoms. The molecule has 3 aromatic rings.